The minimum atomic E-state index is -2.34. The number of carbonyl (C=O) groups excluding carboxylic acids is 2. The minimum Gasteiger partial charge on any atom is -0.392 e. The summed E-state index contributed by atoms with van der Waals surface area (Å²) in [6.07, 6.45) is 0.732. The number of ether oxygens (including phenoxy) is 2. The van der Waals surface area contributed by atoms with Crippen molar-refractivity contribution in [3.63, 3.8) is 0 Å². The fourth-order valence-electron chi connectivity index (χ4n) is 8.23. The third kappa shape index (κ3) is 8.05. The molecule has 1 spiro atoms. The molecule has 59 heavy (non-hydrogen) atoms. The van der Waals surface area contributed by atoms with Crippen molar-refractivity contribution in [3.05, 3.63) is 160 Å². The Morgan fingerprint density at radius 3 is 2.10 bits per heavy atom. The summed E-state index contributed by atoms with van der Waals surface area (Å²) in [4.78, 5) is 30.3. The van der Waals surface area contributed by atoms with Crippen LogP contribution in [-0.4, -0.2) is 59.8 Å². The first kappa shape index (κ1) is 40.1. The summed E-state index contributed by atoms with van der Waals surface area (Å²) < 4.78 is 82.5. The van der Waals surface area contributed by atoms with E-state index in [-0.39, 0.29) is 31.3 Å². The number of para-hydroxylation sites is 1. The van der Waals surface area contributed by atoms with Crippen LogP contribution in [0.15, 0.2) is 103 Å². The number of aliphatic hydroxyl groups is 1. The molecule has 3 aliphatic heterocycles. The summed E-state index contributed by atoms with van der Waals surface area (Å²) in [5.41, 5.74) is 3.45. The number of benzene rings is 5. The van der Waals surface area contributed by atoms with Gasteiger partial charge in [-0.1, -0.05) is 84.9 Å². The summed E-state index contributed by atoms with van der Waals surface area (Å²) >= 11 is 0. The second-order valence-electron chi connectivity index (χ2n) is 15.1. The molecule has 3 aliphatic rings. The van der Waals surface area contributed by atoms with Gasteiger partial charge in [-0.2, -0.15) is 0 Å². The highest BCUT2D eigenvalue weighted by atomic mass is 19.2. The van der Waals surface area contributed by atoms with Gasteiger partial charge in [0.05, 0.1) is 25.5 Å². The van der Waals surface area contributed by atoms with Crippen LogP contribution in [0.25, 0.3) is 11.1 Å². The topological polar surface area (TPSA) is 103 Å². The van der Waals surface area contributed by atoms with Gasteiger partial charge in [0.2, 0.25) is 11.7 Å². The highest BCUT2D eigenvalue weighted by Crippen LogP contribution is 2.40. The van der Waals surface area contributed by atoms with Gasteiger partial charge in [-0.25, -0.2) is 22.0 Å². The molecule has 5 aromatic carbocycles. The van der Waals surface area contributed by atoms with E-state index in [4.69, 9.17) is 9.47 Å². The van der Waals surface area contributed by atoms with Crippen molar-refractivity contribution in [3.8, 4) is 11.1 Å². The van der Waals surface area contributed by atoms with Gasteiger partial charge in [-0.15, -0.1) is 0 Å². The monoisotopic (exact) mass is 812 g/mol. The molecule has 0 aromatic heterocycles. The smallest absolute Gasteiger partial charge is 0.257 e. The van der Waals surface area contributed by atoms with Crippen LogP contribution >= 0.6 is 0 Å². The van der Waals surface area contributed by atoms with Crippen LogP contribution in [0.4, 0.5) is 27.6 Å². The van der Waals surface area contributed by atoms with Gasteiger partial charge < -0.3 is 35.0 Å². The zero-order chi connectivity index (χ0) is 41.3. The number of hydrogen-bond donors (Lipinski definition) is 3. The van der Waals surface area contributed by atoms with E-state index in [2.05, 4.69) is 20.4 Å². The number of nitrogens with one attached hydrogen (secondary N) is 2. The first-order valence-corrected chi connectivity index (χ1v) is 19.4. The number of aliphatic hydroxyl groups excluding tert-OH is 1. The molecule has 8 rings (SSSR count). The molecule has 3 saturated heterocycles. The van der Waals surface area contributed by atoms with Crippen molar-refractivity contribution < 1.29 is 46.1 Å². The summed E-state index contributed by atoms with van der Waals surface area (Å²) in [5.74, 6) is -12.5. The standard InChI is InChI=1S/C45H41F5N4O5/c46-37-36(38(47)40(49)41(50)39(37)48)42(56)51-23-28-5-4-6-32(21-28)29-13-15-31(16-14-29)43-58-34(22-35(59-43)30-11-9-27(25-55)10-12-30)24-53-19-17-45(18-20-53)44(57)52-26-54(45)33-7-2-1-3-8-33/h1-16,21,34-35,43,55H,17-20,22-26H2,(H,51,56)(H,52,57)/t34-,35+,43+/m0/s1. The Bertz CT molecular complexity index is 2300. The van der Waals surface area contributed by atoms with Gasteiger partial charge in [0.25, 0.3) is 5.91 Å². The summed E-state index contributed by atoms with van der Waals surface area (Å²) in [6.45, 7) is 2.23. The van der Waals surface area contributed by atoms with Crippen LogP contribution < -0.4 is 15.5 Å². The van der Waals surface area contributed by atoms with Gasteiger partial charge in [0.1, 0.15) is 11.1 Å². The van der Waals surface area contributed by atoms with Gasteiger partial charge in [0, 0.05) is 43.9 Å². The largest absolute Gasteiger partial charge is 0.392 e. The van der Waals surface area contributed by atoms with Crippen molar-refractivity contribution in [1.29, 1.82) is 0 Å². The van der Waals surface area contributed by atoms with E-state index in [9.17, 15) is 36.6 Å². The molecule has 306 valence electrons. The summed E-state index contributed by atoms with van der Waals surface area (Å²) in [5, 5.41) is 14.9. The highest BCUT2D eigenvalue weighted by Gasteiger charge is 2.50. The molecule has 0 saturated carbocycles. The predicted octanol–water partition coefficient (Wildman–Crippen LogP) is 7.45. The fourth-order valence-corrected chi connectivity index (χ4v) is 8.23. The number of amides is 2. The Kier molecular flexibility index (Phi) is 11.5. The van der Waals surface area contributed by atoms with Crippen LogP contribution in [0.3, 0.4) is 0 Å². The quantitative estimate of drug-likeness (QED) is 0.0766. The van der Waals surface area contributed by atoms with E-state index >= 15 is 0 Å². The van der Waals surface area contributed by atoms with Crippen molar-refractivity contribution in [2.45, 2.75) is 56.5 Å². The maximum atomic E-state index is 14.2. The molecule has 3 heterocycles. The van der Waals surface area contributed by atoms with E-state index in [1.807, 2.05) is 84.9 Å². The first-order chi connectivity index (χ1) is 28.5. The number of likely N-dealkylation sites (tertiary alicyclic amines) is 1. The number of carbonyl (C=O) groups is 2. The molecule has 9 nitrogen and oxygen atoms in total. The number of anilines is 1. The van der Waals surface area contributed by atoms with Crippen LogP contribution in [0.5, 0.6) is 0 Å². The highest BCUT2D eigenvalue weighted by molar-refractivity contribution is 5.95. The number of halogens is 5. The van der Waals surface area contributed by atoms with Crippen LogP contribution in [0.2, 0.25) is 0 Å². The summed E-state index contributed by atoms with van der Waals surface area (Å²) in [6, 6.07) is 32.2. The Labute approximate surface area is 337 Å². The lowest BCUT2D eigenvalue weighted by Crippen LogP contribution is -2.57. The Morgan fingerprint density at radius 2 is 1.42 bits per heavy atom. The molecule has 3 atom stereocenters. The third-order valence-electron chi connectivity index (χ3n) is 11.5. The molecule has 2 amide bonds. The number of nitrogens with zero attached hydrogens (tertiary/aromatic N) is 2. The Morgan fingerprint density at radius 1 is 0.763 bits per heavy atom. The lowest BCUT2D eigenvalue weighted by atomic mass is 9.85. The Hall–Kier alpha value is -5.67. The SMILES string of the molecule is O=C(NCc1cccc(-c2ccc([C@@H]3O[C@H](CN4CCC5(CC4)C(=O)NCN5c4ccccc4)C[C@H](c4ccc(CO)cc4)O3)cc2)c1)c1c(F)c(F)c(F)c(F)c1F. The maximum Gasteiger partial charge on any atom is 0.257 e. The summed E-state index contributed by atoms with van der Waals surface area (Å²) in [7, 11) is 0. The molecule has 3 fully saturated rings. The fraction of sp³-hybridized carbons (Fsp3) is 0.289. The van der Waals surface area contributed by atoms with Crippen molar-refractivity contribution >= 4 is 17.5 Å². The Balaban J connectivity index is 0.956. The number of piperidine rings is 1. The predicted molar refractivity (Wildman–Crippen MR) is 208 cm³/mol. The molecule has 5 aromatic rings. The average molecular weight is 813 g/mol. The second-order valence-corrected chi connectivity index (χ2v) is 15.1. The minimum absolute atomic E-state index is 0.0579. The molecule has 0 unspecified atom stereocenters. The van der Waals surface area contributed by atoms with Crippen molar-refractivity contribution in [2.75, 3.05) is 31.2 Å². The lowest BCUT2D eigenvalue weighted by molar-refractivity contribution is -0.253. The first-order valence-electron chi connectivity index (χ1n) is 19.4. The van der Waals surface area contributed by atoms with Crippen LogP contribution in [0.1, 0.15) is 64.3 Å². The van der Waals surface area contributed by atoms with Gasteiger partial charge in [-0.05, 0) is 58.9 Å². The second kappa shape index (κ2) is 16.9. The van der Waals surface area contributed by atoms with E-state index in [1.54, 1.807) is 18.2 Å². The average Bonchev–Trinajstić information content (AvgIpc) is 3.59. The molecule has 14 heteroatoms. The zero-order valence-electron chi connectivity index (χ0n) is 31.8. The van der Waals surface area contributed by atoms with Crippen LogP contribution in [-0.2, 0) is 27.4 Å². The van der Waals surface area contributed by atoms with Crippen LogP contribution in [0, 0.1) is 29.1 Å². The van der Waals surface area contributed by atoms with Crippen molar-refractivity contribution in [2.24, 2.45) is 0 Å². The lowest BCUT2D eigenvalue weighted by Gasteiger charge is -2.45. The van der Waals surface area contributed by atoms with E-state index in [0.717, 1.165) is 33.5 Å². The van der Waals surface area contributed by atoms with Gasteiger partial charge in [-0.3, -0.25) is 9.59 Å². The van der Waals surface area contributed by atoms with E-state index in [1.165, 1.54) is 0 Å². The molecular weight excluding hydrogens is 772 g/mol. The van der Waals surface area contributed by atoms with E-state index in [0.29, 0.717) is 51.1 Å². The molecule has 0 bridgehead atoms. The normalized spacial score (nSPS) is 20.5. The molecule has 0 radical (unpaired) electrons. The number of hydrogen-bond acceptors (Lipinski definition) is 7. The number of rotatable bonds is 10. The van der Waals surface area contributed by atoms with Gasteiger partial charge >= 0.3 is 0 Å². The molecular formula is C45H41F5N4O5. The van der Waals surface area contributed by atoms with Crippen molar-refractivity contribution in [1.82, 2.24) is 15.5 Å². The third-order valence-corrected chi connectivity index (χ3v) is 11.5. The maximum absolute atomic E-state index is 14.2. The van der Waals surface area contributed by atoms with Gasteiger partial charge in [0.15, 0.2) is 29.6 Å². The zero-order valence-corrected chi connectivity index (χ0v) is 31.8. The van der Waals surface area contributed by atoms with E-state index < -0.39 is 52.4 Å². The molecule has 3 N–H and O–H groups in total. The molecule has 0 aliphatic carbocycles.